The van der Waals surface area contributed by atoms with Crippen molar-refractivity contribution >= 4 is 137 Å². The van der Waals surface area contributed by atoms with E-state index in [-0.39, 0.29) is 48.7 Å². The van der Waals surface area contributed by atoms with E-state index < -0.39 is 99.2 Å². The number of anilines is 2. The molecule has 0 saturated carbocycles. The molecule has 40 heteroatoms. The Hall–Kier alpha value is -14.3. The number of methoxy groups -OCH3 is 3. The molecular formula is C101H96F12I2N12O14. The number of hydrogen-bond acceptors (Lipinski definition) is 20. The predicted octanol–water partition coefficient (Wildman–Crippen LogP) is 20.7. The molecule has 26 nitrogen and oxygen atoms in total. The number of carbonyl (C=O) groups excluding carboxylic acids is 6. The summed E-state index contributed by atoms with van der Waals surface area (Å²) in [5.74, 6) is -12.7. The Morgan fingerprint density at radius 1 is 0.475 bits per heavy atom. The molecule has 0 spiro atoms. The van der Waals surface area contributed by atoms with Crippen LogP contribution in [-0.4, -0.2) is 132 Å². The number of hydrogen-bond donors (Lipinski definition) is 4. The van der Waals surface area contributed by atoms with E-state index in [0.717, 1.165) is 105 Å². The van der Waals surface area contributed by atoms with Crippen molar-refractivity contribution in [3.8, 4) is 6.07 Å². The van der Waals surface area contributed by atoms with Crippen LogP contribution in [0.5, 0.6) is 0 Å². The molecular weight excluding hydrogens is 2090 g/mol. The molecule has 15 aromatic rings. The van der Waals surface area contributed by atoms with Crippen LogP contribution < -0.4 is 16.9 Å². The van der Waals surface area contributed by atoms with E-state index in [1.165, 1.54) is 49.6 Å². The van der Waals surface area contributed by atoms with E-state index in [1.54, 1.807) is 136 Å². The summed E-state index contributed by atoms with van der Waals surface area (Å²) in [6.07, 6.45) is 10.8. The first-order valence-electron chi connectivity index (χ1n) is 42.7. The number of allylic oxidation sites excluding steroid dienone is 1. The first-order valence-corrected chi connectivity index (χ1v) is 44.8. The van der Waals surface area contributed by atoms with Gasteiger partial charge in [0.1, 0.15) is 51.9 Å². The number of benzene rings is 6. The second-order valence-electron chi connectivity index (χ2n) is 30.7. The SMILES string of the molecule is CCC(OC)OC.CCOC(=O)C=C(C)C.CCOC(=O)c1c(C)[nH]c2c(ccn2Cc2ccc(F)c(F)c2)c1=O.CCOC(=O)c1c(C)nc2c(ccn2Cc2ccc(F)c(F)c2)c1N.COC(=O)C(O)c1c(C)nc2c(ccn2Cc2ccc(F)c(F)c2)c1I.Cc1nc2c(ccn2Cc2ccc(F)c(F)c2)c(I)c1C=O.N#Cc1ccn(Cc2ccc(F)c(F)c2)c1N.O=Cc1ccc(F)c(F)c1. The summed E-state index contributed by atoms with van der Waals surface area (Å²) in [5.41, 5.74) is 21.7. The second kappa shape index (κ2) is 52.6. The summed E-state index contributed by atoms with van der Waals surface area (Å²) in [6, 6.07) is 32.1. The number of nitrogens with one attached hydrogen (secondary N) is 1. The summed E-state index contributed by atoms with van der Waals surface area (Å²) in [5, 5.41) is 21.5. The number of fused-ring (bicyclic) bond motifs is 4. The minimum absolute atomic E-state index is 0.0139. The lowest BCUT2D eigenvalue weighted by atomic mass is 10.1. The molecule has 141 heavy (non-hydrogen) atoms. The van der Waals surface area contributed by atoms with Crippen LogP contribution in [0.25, 0.3) is 44.1 Å². The molecule has 0 aliphatic heterocycles. The Bertz CT molecular complexity index is 7180. The van der Waals surface area contributed by atoms with Gasteiger partial charge >= 0.3 is 23.9 Å². The Morgan fingerprint density at radius 2 is 0.851 bits per heavy atom. The topological polar surface area (TPSA) is 350 Å². The summed E-state index contributed by atoms with van der Waals surface area (Å²) >= 11 is 4.18. The Labute approximate surface area is 827 Å². The summed E-state index contributed by atoms with van der Waals surface area (Å²) in [7, 11) is 4.48. The van der Waals surface area contributed by atoms with Crippen molar-refractivity contribution in [1.82, 2.24) is 42.8 Å². The fourth-order valence-corrected chi connectivity index (χ4v) is 15.7. The molecule has 0 aliphatic rings. The molecule has 6 N–H and O–H groups in total. The maximum Gasteiger partial charge on any atom is 0.343 e. The molecule has 0 saturated heterocycles. The number of carbonyl (C=O) groups is 6. The van der Waals surface area contributed by atoms with Crippen LogP contribution >= 0.6 is 45.2 Å². The van der Waals surface area contributed by atoms with Gasteiger partial charge in [0.2, 0.25) is 5.43 Å². The molecule has 742 valence electrons. The number of nitrogen functional groups attached to an aromatic ring is 2. The molecule has 9 heterocycles. The molecule has 1 unspecified atom stereocenters. The number of aromatic nitrogens is 9. The average Bonchev–Trinajstić information content (AvgIpc) is 1.69. The van der Waals surface area contributed by atoms with Crippen molar-refractivity contribution in [2.75, 3.05) is 52.6 Å². The predicted molar refractivity (Wildman–Crippen MR) is 522 cm³/mol. The lowest BCUT2D eigenvalue weighted by molar-refractivity contribution is -0.150. The molecule has 15 rings (SSSR count). The number of aliphatic hydroxyl groups excluding tert-OH is 1. The summed E-state index contributed by atoms with van der Waals surface area (Å²) in [4.78, 5) is 96.4. The largest absolute Gasteiger partial charge is 0.467 e. The monoisotopic (exact) mass is 2180 g/mol. The van der Waals surface area contributed by atoms with Gasteiger partial charge in [0.15, 0.2) is 88.5 Å². The number of aromatic amines is 1. The van der Waals surface area contributed by atoms with E-state index >= 15 is 0 Å². The summed E-state index contributed by atoms with van der Waals surface area (Å²) in [6.45, 7) is 20.0. The number of H-pyrrole nitrogens is 1. The number of nitrogens with zero attached hydrogens (tertiary/aromatic N) is 9. The van der Waals surface area contributed by atoms with Crippen molar-refractivity contribution in [3.05, 3.63) is 353 Å². The van der Waals surface area contributed by atoms with Crippen molar-refractivity contribution in [2.45, 2.75) is 121 Å². The fraction of sp³-hybridized carbons (Fsp3) is 0.238. The zero-order chi connectivity index (χ0) is 104. The van der Waals surface area contributed by atoms with Crippen LogP contribution in [0.1, 0.15) is 157 Å². The molecule has 9 aromatic heterocycles. The van der Waals surface area contributed by atoms with Gasteiger partial charge in [0.05, 0.1) is 55.0 Å². The van der Waals surface area contributed by atoms with Gasteiger partial charge in [0, 0.05) is 135 Å². The fourth-order valence-electron chi connectivity index (χ4n) is 13.7. The molecule has 0 fully saturated rings. The van der Waals surface area contributed by atoms with Crippen LogP contribution in [-0.2, 0) is 70.7 Å². The highest BCUT2D eigenvalue weighted by Crippen LogP contribution is 2.34. The van der Waals surface area contributed by atoms with Gasteiger partial charge in [-0.05, 0) is 251 Å². The van der Waals surface area contributed by atoms with E-state index in [2.05, 4.69) is 74.6 Å². The number of pyridine rings is 4. The van der Waals surface area contributed by atoms with Gasteiger partial charge in [-0.2, -0.15) is 5.26 Å². The lowest BCUT2D eigenvalue weighted by Crippen LogP contribution is -2.20. The lowest BCUT2D eigenvalue weighted by Gasteiger charge is -2.15. The van der Waals surface area contributed by atoms with Crippen molar-refractivity contribution in [2.24, 2.45) is 0 Å². The highest BCUT2D eigenvalue weighted by Gasteiger charge is 2.28. The number of nitrogens with two attached hydrogens (primary N) is 2. The quantitative estimate of drug-likeness (QED) is 0.00879. The Morgan fingerprint density at radius 3 is 1.23 bits per heavy atom. The number of esters is 4. The van der Waals surface area contributed by atoms with E-state index in [1.807, 2.05) is 43.7 Å². The molecule has 0 radical (unpaired) electrons. The van der Waals surface area contributed by atoms with Crippen molar-refractivity contribution in [3.63, 3.8) is 0 Å². The minimum Gasteiger partial charge on any atom is -0.467 e. The van der Waals surface area contributed by atoms with Crippen LogP contribution in [0, 0.1) is 116 Å². The zero-order valence-corrected chi connectivity index (χ0v) is 82.5. The highest BCUT2D eigenvalue weighted by atomic mass is 127. The Kier molecular flexibility index (Phi) is 41.8. The van der Waals surface area contributed by atoms with Gasteiger partial charge in [-0.3, -0.25) is 14.4 Å². The van der Waals surface area contributed by atoms with Crippen LogP contribution in [0.2, 0.25) is 0 Å². The third-order valence-electron chi connectivity index (χ3n) is 20.6. The molecule has 1 atom stereocenters. The number of aryl methyl sites for hydroxylation is 4. The minimum atomic E-state index is -1.42. The molecule has 0 amide bonds. The summed E-state index contributed by atoms with van der Waals surface area (Å²) < 4.78 is 195. The van der Waals surface area contributed by atoms with Crippen LogP contribution in [0.15, 0.2) is 187 Å². The standard InChI is InChI=1S/C18H15F2IN2O3.C18H17F2N3O2.C18H16F2N2O3.C16H11F2IN2O.C12H9F2N3.C7H4F2O.C7H12O2.C5H12O2/c1-9-14(16(24)18(25)26-2)15(21)11-5-6-23(17(11)22-9)8-10-3-4-12(19)13(20)7-10;1-3-25-18(24)15-10(2)22-17-12(16(15)21)6-7-23(17)9-11-4-5-13(19)14(20)8-11;1-3-25-18(24)15-10(2)21-17-12(16(15)23)6-7-22(17)9-11-4-5-13(19)14(20)8-11;1-9-12(8-22)15(19)11-4-5-21(16(11)20-9)7-10-2-3-13(17)14(18)6-10;13-10-2-1-8(5-11(10)14)7-17-4-3-9(6-15)12(17)16;8-6-2-1-5(4-10)3-7(6)9;1-4-9-7(8)5-6(2)3;1-4-5(6-2)7-3/h3-7,16,24H,8H2,1-2H3;4-8H,3,9H2,1-2H3,(H2,21,22);4-8H,3,9H2,1-2H3,(H,21,23);2-6,8H,7H2,1H3;1-5H,7,16H2;1-4H;5H,4H2,1-3H3;5H,4H2,1-3H3. The molecule has 0 bridgehead atoms. The van der Waals surface area contributed by atoms with Crippen LogP contribution in [0.3, 0.4) is 0 Å². The van der Waals surface area contributed by atoms with E-state index in [0.29, 0.717) is 149 Å². The molecule has 6 aromatic carbocycles. The third-order valence-corrected chi connectivity index (χ3v) is 22.9. The number of aldehydes is 2. The normalized spacial score (nSPS) is 10.9. The number of nitriles is 1. The molecule has 0 aliphatic carbocycles. The smallest absolute Gasteiger partial charge is 0.343 e. The van der Waals surface area contributed by atoms with Gasteiger partial charge in [-0.15, -0.1) is 0 Å². The maximum atomic E-state index is 13.4. The number of aliphatic hydroxyl groups is 1. The van der Waals surface area contributed by atoms with Gasteiger partial charge < -0.3 is 72.8 Å². The zero-order valence-electron chi connectivity index (χ0n) is 78.1. The van der Waals surface area contributed by atoms with Crippen LogP contribution in [0.4, 0.5) is 64.2 Å². The maximum absolute atomic E-state index is 13.4. The van der Waals surface area contributed by atoms with Gasteiger partial charge in [-0.1, -0.05) is 42.8 Å². The number of rotatable bonds is 23. The average molecular weight is 2180 g/mol. The van der Waals surface area contributed by atoms with Crippen molar-refractivity contribution < 1.29 is 115 Å². The van der Waals surface area contributed by atoms with Crippen molar-refractivity contribution in [1.29, 1.82) is 5.26 Å². The van der Waals surface area contributed by atoms with E-state index in [9.17, 15) is 91.4 Å². The Balaban J connectivity index is 0.000000204. The van der Waals surface area contributed by atoms with Gasteiger partial charge in [0.25, 0.3) is 0 Å². The second-order valence-corrected chi connectivity index (χ2v) is 32.9. The van der Waals surface area contributed by atoms with E-state index in [4.69, 9.17) is 35.7 Å². The third kappa shape index (κ3) is 29.4. The van der Waals surface area contributed by atoms with Gasteiger partial charge in [-0.25, -0.2) is 86.8 Å². The number of halogens is 14. The first-order chi connectivity index (χ1) is 67.0. The first kappa shape index (κ1) is 112. The number of ether oxygens (including phenoxy) is 6. The highest BCUT2D eigenvalue weighted by molar-refractivity contribution is 14.1.